The minimum absolute atomic E-state index is 1.11. The van der Waals surface area contributed by atoms with Crippen molar-refractivity contribution in [3.05, 3.63) is 71.8 Å². The Labute approximate surface area is 380 Å². The second kappa shape index (κ2) is 41.2. The monoisotopic (exact) mass is 873 g/mol. The molecule has 2 aromatic carbocycles. The molecule has 0 saturated carbocycles. The Morgan fingerprint density at radius 2 is 0.557 bits per heavy atom. The summed E-state index contributed by atoms with van der Waals surface area (Å²) in [6.07, 6.45) is 46.3. The fourth-order valence-corrected chi connectivity index (χ4v) is 8.49. The van der Waals surface area contributed by atoms with E-state index >= 15 is 0 Å². The number of hydrogen-bond donors (Lipinski definition) is 1. The molecule has 0 amide bonds. The fourth-order valence-electron chi connectivity index (χ4n) is 8.49. The molecule has 1 N–H and O–H groups in total. The molecule has 2 rings (SSSR count). The van der Waals surface area contributed by atoms with Crippen molar-refractivity contribution in [1.82, 2.24) is 0 Å². The van der Waals surface area contributed by atoms with Crippen LogP contribution in [-0.2, 0) is 17.7 Å². The van der Waals surface area contributed by atoms with Gasteiger partial charge in [-0.25, -0.2) is 0 Å². The van der Waals surface area contributed by atoms with Gasteiger partial charge in [0.25, 0.3) is 0 Å². The summed E-state index contributed by atoms with van der Waals surface area (Å²) in [6, 6.07) is 21.9. The molecule has 0 spiro atoms. The fraction of sp³-hybridized carbons (Fsp3) is 0.778. The van der Waals surface area contributed by atoms with Crippen molar-refractivity contribution >= 4 is 7.82 Å². The SMILES string of the molecule is CCCCCCCCCCCCCCCCCC[N+](C)(C)Cc1ccccc1.CCCCCCCCCCCCCCCCCC[N+](C)(C)Cc1ccccc1.O=P([O-])([O-])O. The van der Waals surface area contributed by atoms with Crippen LogP contribution >= 0.6 is 7.82 Å². The standard InChI is InChI=1S/2C27H50N.H3O4P/c2*1-4-5-6-7-8-9-10-11-12-13-14-15-16-17-18-22-25-28(2,3)26-27-23-20-19-21-24-27;1-5(2,3)4/h2*19-21,23-24H,4-18,22,25-26H2,1-3H3;(H3,1,2,3,4)/q2*+1;/p-2. The molecular weight excluding hydrogens is 772 g/mol. The van der Waals surface area contributed by atoms with E-state index < -0.39 is 7.82 Å². The van der Waals surface area contributed by atoms with Gasteiger partial charge in [-0.05, 0) is 25.7 Å². The zero-order valence-corrected chi connectivity index (χ0v) is 42.1. The van der Waals surface area contributed by atoms with Gasteiger partial charge in [0.15, 0.2) is 0 Å². The summed E-state index contributed by atoms with van der Waals surface area (Å²) in [5.41, 5.74) is 2.92. The van der Waals surface area contributed by atoms with Crippen LogP contribution in [0.15, 0.2) is 60.7 Å². The second-order valence-corrected chi connectivity index (χ2v) is 20.6. The summed E-state index contributed by atoms with van der Waals surface area (Å²) in [5, 5.41) is 0. The van der Waals surface area contributed by atoms with E-state index in [9.17, 15) is 0 Å². The van der Waals surface area contributed by atoms with E-state index in [4.69, 9.17) is 19.2 Å². The van der Waals surface area contributed by atoms with E-state index in [1.54, 1.807) is 0 Å². The van der Waals surface area contributed by atoms with Crippen molar-refractivity contribution in [3.8, 4) is 0 Å². The smallest absolute Gasteiger partial charge is 0.104 e. The molecule has 0 unspecified atom stereocenters. The van der Waals surface area contributed by atoms with Gasteiger partial charge in [0.05, 0.1) is 49.1 Å². The lowest BCUT2D eigenvalue weighted by atomic mass is 10.0. The van der Waals surface area contributed by atoms with Crippen molar-refractivity contribution in [2.45, 2.75) is 232 Å². The van der Waals surface area contributed by atoms with E-state index in [1.165, 1.54) is 230 Å². The molecule has 61 heavy (non-hydrogen) atoms. The average Bonchev–Trinajstić information content (AvgIpc) is 3.20. The maximum Gasteiger partial charge on any atom is 0.104 e. The Morgan fingerprint density at radius 3 is 0.754 bits per heavy atom. The topological polar surface area (TPSA) is 83.4 Å². The number of nitrogens with zero attached hydrogens (tertiary/aromatic N) is 2. The molecule has 0 aromatic heterocycles. The van der Waals surface area contributed by atoms with Crippen LogP contribution in [0.3, 0.4) is 0 Å². The van der Waals surface area contributed by atoms with Gasteiger partial charge >= 0.3 is 0 Å². The third kappa shape index (κ3) is 47.8. The summed E-state index contributed by atoms with van der Waals surface area (Å²) < 4.78 is 10.9. The molecule has 356 valence electrons. The molecule has 0 heterocycles. The van der Waals surface area contributed by atoms with Gasteiger partial charge in [-0.15, -0.1) is 0 Å². The average molecular weight is 873 g/mol. The summed E-state index contributed by atoms with van der Waals surface area (Å²) in [6.45, 7) is 9.50. The number of phosphoric acid groups is 1. The van der Waals surface area contributed by atoms with E-state index in [0.717, 1.165) is 22.1 Å². The Kier molecular flexibility index (Phi) is 40.2. The van der Waals surface area contributed by atoms with Gasteiger partial charge in [-0.1, -0.05) is 254 Å². The molecule has 0 atom stereocenters. The quantitative estimate of drug-likeness (QED) is 0.0414. The van der Waals surface area contributed by atoms with Crippen LogP contribution in [-0.4, -0.2) is 55.1 Å². The van der Waals surface area contributed by atoms with Crippen LogP contribution in [0.5, 0.6) is 0 Å². The predicted molar refractivity (Wildman–Crippen MR) is 263 cm³/mol. The van der Waals surface area contributed by atoms with Gasteiger partial charge in [0.2, 0.25) is 0 Å². The molecule has 0 fully saturated rings. The first-order valence-corrected chi connectivity index (χ1v) is 27.2. The highest BCUT2D eigenvalue weighted by atomic mass is 31.2. The first-order chi connectivity index (χ1) is 29.3. The number of benzene rings is 2. The summed E-state index contributed by atoms with van der Waals surface area (Å²) in [5.74, 6) is 0. The normalized spacial score (nSPS) is 11.8. The number of quaternary nitrogens is 2. The molecule has 0 radical (unpaired) electrons. The van der Waals surface area contributed by atoms with Gasteiger partial charge in [0, 0.05) is 11.1 Å². The highest BCUT2D eigenvalue weighted by molar-refractivity contribution is 7.42. The Bertz CT molecular complexity index is 1130. The zero-order valence-electron chi connectivity index (χ0n) is 41.2. The predicted octanol–water partition coefficient (Wildman–Crippen LogP) is 14.9. The van der Waals surface area contributed by atoms with E-state index in [0.29, 0.717) is 0 Å². The lowest BCUT2D eigenvalue weighted by Crippen LogP contribution is -2.39. The van der Waals surface area contributed by atoms with Crippen LogP contribution in [0.2, 0.25) is 0 Å². The minimum Gasteiger partial charge on any atom is -0.790 e. The molecule has 0 bridgehead atoms. The van der Waals surface area contributed by atoms with Crippen molar-refractivity contribution < 1.29 is 28.2 Å². The van der Waals surface area contributed by atoms with E-state index in [1.807, 2.05) is 0 Å². The van der Waals surface area contributed by atoms with Gasteiger partial charge in [0.1, 0.15) is 13.1 Å². The van der Waals surface area contributed by atoms with Gasteiger partial charge in [-0.3, -0.25) is 0 Å². The lowest BCUT2D eigenvalue weighted by Gasteiger charge is -2.30. The second-order valence-electron chi connectivity index (χ2n) is 19.7. The van der Waals surface area contributed by atoms with Gasteiger partial charge < -0.3 is 28.2 Å². The van der Waals surface area contributed by atoms with E-state index in [-0.39, 0.29) is 0 Å². The maximum absolute atomic E-state index is 8.66. The number of unbranched alkanes of at least 4 members (excludes halogenated alkanes) is 30. The van der Waals surface area contributed by atoms with E-state index in [2.05, 4.69) is 103 Å². The van der Waals surface area contributed by atoms with Crippen LogP contribution in [0.4, 0.5) is 0 Å². The molecular formula is C54H101N2O4P. The molecule has 6 nitrogen and oxygen atoms in total. The first kappa shape index (κ1) is 59.5. The third-order valence-corrected chi connectivity index (χ3v) is 12.1. The minimum atomic E-state index is -5.14. The van der Waals surface area contributed by atoms with Crippen LogP contribution in [0, 0.1) is 0 Å². The largest absolute Gasteiger partial charge is 0.790 e. The van der Waals surface area contributed by atoms with Crippen LogP contribution in [0.25, 0.3) is 0 Å². The Morgan fingerprint density at radius 1 is 0.377 bits per heavy atom. The maximum atomic E-state index is 8.66. The van der Waals surface area contributed by atoms with Gasteiger partial charge in [-0.2, -0.15) is 0 Å². The summed E-state index contributed by atoms with van der Waals surface area (Å²) in [7, 11) is 4.35. The molecule has 0 aliphatic carbocycles. The highest BCUT2D eigenvalue weighted by Crippen LogP contribution is 2.18. The molecule has 2 aromatic rings. The van der Waals surface area contributed by atoms with Crippen LogP contribution < -0.4 is 9.79 Å². The van der Waals surface area contributed by atoms with Crippen LogP contribution in [0.1, 0.15) is 230 Å². The summed E-state index contributed by atoms with van der Waals surface area (Å²) in [4.78, 5) is 24.3. The number of rotatable bonds is 38. The highest BCUT2D eigenvalue weighted by Gasteiger charge is 2.16. The molecule has 0 aliphatic heterocycles. The molecule has 0 aliphatic rings. The zero-order chi connectivity index (χ0) is 45.2. The Hall–Kier alpha value is -1.53. The first-order valence-electron chi connectivity index (χ1n) is 25.7. The van der Waals surface area contributed by atoms with Crippen molar-refractivity contribution in [2.24, 2.45) is 0 Å². The third-order valence-electron chi connectivity index (χ3n) is 12.1. The molecule has 0 saturated heterocycles. The van der Waals surface area contributed by atoms with Crippen molar-refractivity contribution in [3.63, 3.8) is 0 Å². The van der Waals surface area contributed by atoms with Crippen molar-refractivity contribution in [2.75, 3.05) is 41.3 Å². The number of hydrogen-bond acceptors (Lipinski definition) is 3. The lowest BCUT2D eigenvalue weighted by molar-refractivity contribution is -0.903. The van der Waals surface area contributed by atoms with Crippen molar-refractivity contribution in [1.29, 1.82) is 0 Å². The Balaban J connectivity index is 0.00000106. The molecule has 7 heteroatoms. The summed E-state index contributed by atoms with van der Waals surface area (Å²) >= 11 is 0.